The Morgan fingerprint density at radius 2 is 1.81 bits per heavy atom. The number of carbonyl (C=O) groups excluding carboxylic acids is 1. The standard InChI is InChI=1S/C24H17BrN2O4/c25-18-7-3-6-17(10-18)20-9-8-19(30-20)13-26-27-24(28)23-14-29-21-11-15-4-1-2-5-16(15)12-22(21)31-23/h1-13,23H,14H2,(H,27,28)/b26-13-. The molecule has 6 nitrogen and oxygen atoms in total. The van der Waals surface area contributed by atoms with Crippen LogP contribution < -0.4 is 14.9 Å². The average Bonchev–Trinajstić information content (AvgIpc) is 3.26. The molecule has 1 aliphatic heterocycles. The number of rotatable bonds is 4. The molecule has 1 aromatic heterocycles. The molecule has 1 aliphatic rings. The number of hydrazone groups is 1. The molecule has 0 bridgehead atoms. The van der Waals surface area contributed by atoms with Crippen LogP contribution in [0.25, 0.3) is 22.1 Å². The summed E-state index contributed by atoms with van der Waals surface area (Å²) in [6.45, 7) is 0.112. The maximum Gasteiger partial charge on any atom is 0.284 e. The van der Waals surface area contributed by atoms with Crippen LogP contribution in [0.5, 0.6) is 11.5 Å². The summed E-state index contributed by atoms with van der Waals surface area (Å²) in [5.74, 6) is 2.00. The van der Waals surface area contributed by atoms with Gasteiger partial charge >= 0.3 is 0 Å². The Bertz CT molecular complexity index is 1300. The highest BCUT2D eigenvalue weighted by atomic mass is 79.9. The molecule has 1 unspecified atom stereocenters. The molecule has 5 rings (SSSR count). The topological polar surface area (TPSA) is 73.1 Å². The van der Waals surface area contributed by atoms with Crippen molar-refractivity contribution in [1.29, 1.82) is 0 Å². The van der Waals surface area contributed by atoms with E-state index in [2.05, 4.69) is 26.5 Å². The number of nitrogens with one attached hydrogen (secondary N) is 1. The van der Waals surface area contributed by atoms with Crippen molar-refractivity contribution in [3.05, 3.63) is 83.0 Å². The van der Waals surface area contributed by atoms with Gasteiger partial charge in [-0.25, -0.2) is 5.43 Å². The summed E-state index contributed by atoms with van der Waals surface area (Å²) in [6, 6.07) is 23.1. The zero-order valence-electron chi connectivity index (χ0n) is 16.2. The Balaban J connectivity index is 1.23. The summed E-state index contributed by atoms with van der Waals surface area (Å²) in [6.07, 6.45) is 0.657. The lowest BCUT2D eigenvalue weighted by atomic mass is 10.1. The number of nitrogens with zero attached hydrogens (tertiary/aromatic N) is 1. The van der Waals surface area contributed by atoms with Gasteiger partial charge in [0.2, 0.25) is 6.10 Å². The summed E-state index contributed by atoms with van der Waals surface area (Å²) in [4.78, 5) is 12.5. The van der Waals surface area contributed by atoms with Crippen molar-refractivity contribution >= 4 is 38.8 Å². The van der Waals surface area contributed by atoms with Crippen LogP contribution in [0.4, 0.5) is 0 Å². The van der Waals surface area contributed by atoms with Gasteiger partial charge in [-0.1, -0.05) is 52.3 Å². The normalized spacial score (nSPS) is 15.3. The van der Waals surface area contributed by atoms with Crippen LogP contribution in [0, 0.1) is 0 Å². The quantitative estimate of drug-likeness (QED) is 0.326. The molecule has 0 saturated carbocycles. The van der Waals surface area contributed by atoms with Gasteiger partial charge in [0.25, 0.3) is 5.91 Å². The lowest BCUT2D eigenvalue weighted by Crippen LogP contribution is -2.42. The molecule has 1 N–H and O–H groups in total. The summed E-state index contributed by atoms with van der Waals surface area (Å²) in [5, 5.41) is 6.05. The van der Waals surface area contributed by atoms with Crippen LogP contribution in [0.15, 0.2) is 86.8 Å². The first-order valence-electron chi connectivity index (χ1n) is 9.67. The van der Waals surface area contributed by atoms with Gasteiger partial charge in [-0.15, -0.1) is 0 Å². The molecule has 0 radical (unpaired) electrons. The number of furan rings is 1. The maximum atomic E-state index is 12.5. The van der Waals surface area contributed by atoms with E-state index >= 15 is 0 Å². The molecule has 3 aromatic carbocycles. The highest BCUT2D eigenvalue weighted by Crippen LogP contribution is 2.35. The van der Waals surface area contributed by atoms with Crippen LogP contribution >= 0.6 is 15.9 Å². The van der Waals surface area contributed by atoms with E-state index in [4.69, 9.17) is 13.9 Å². The SMILES string of the molecule is O=C(N/N=C\c1ccc(-c2cccc(Br)c2)o1)C1COc2cc3ccccc3cc2O1. The number of hydrogen-bond donors (Lipinski definition) is 1. The number of halogens is 1. The highest BCUT2D eigenvalue weighted by Gasteiger charge is 2.27. The van der Waals surface area contributed by atoms with E-state index in [1.54, 1.807) is 6.07 Å². The predicted molar refractivity (Wildman–Crippen MR) is 121 cm³/mol. The summed E-state index contributed by atoms with van der Waals surface area (Å²) in [7, 11) is 0. The number of amides is 1. The molecule has 4 aromatic rings. The average molecular weight is 477 g/mol. The zero-order chi connectivity index (χ0) is 21.2. The minimum Gasteiger partial charge on any atom is -0.485 e. The fraction of sp³-hybridized carbons (Fsp3) is 0.0833. The van der Waals surface area contributed by atoms with Gasteiger partial charge in [-0.2, -0.15) is 5.10 Å². The fourth-order valence-corrected chi connectivity index (χ4v) is 3.74. The Kier molecular flexibility index (Phi) is 5.18. The van der Waals surface area contributed by atoms with Gasteiger partial charge in [0.05, 0.1) is 6.21 Å². The Hall–Kier alpha value is -3.58. The van der Waals surface area contributed by atoms with Crippen molar-refractivity contribution in [2.24, 2.45) is 5.10 Å². The number of ether oxygens (including phenoxy) is 2. The van der Waals surface area contributed by atoms with Crippen LogP contribution in [-0.4, -0.2) is 24.8 Å². The first kappa shape index (κ1) is 19.4. The van der Waals surface area contributed by atoms with E-state index in [0.29, 0.717) is 23.0 Å². The smallest absolute Gasteiger partial charge is 0.284 e. The van der Waals surface area contributed by atoms with Crippen molar-refractivity contribution in [2.45, 2.75) is 6.10 Å². The van der Waals surface area contributed by atoms with Gasteiger partial charge in [0, 0.05) is 10.0 Å². The molecule has 154 valence electrons. The lowest BCUT2D eigenvalue weighted by Gasteiger charge is -2.25. The molecule has 2 heterocycles. The van der Waals surface area contributed by atoms with Crippen molar-refractivity contribution in [1.82, 2.24) is 5.43 Å². The number of carbonyl (C=O) groups is 1. The van der Waals surface area contributed by atoms with Gasteiger partial charge in [-0.05, 0) is 47.2 Å². The minimum absolute atomic E-state index is 0.112. The van der Waals surface area contributed by atoms with E-state index in [0.717, 1.165) is 20.8 Å². The molecular weight excluding hydrogens is 460 g/mol. The van der Waals surface area contributed by atoms with E-state index in [-0.39, 0.29) is 6.61 Å². The number of hydrogen-bond acceptors (Lipinski definition) is 5. The molecule has 1 atom stereocenters. The predicted octanol–water partition coefficient (Wildman–Crippen LogP) is 5.15. The Morgan fingerprint density at radius 1 is 1.00 bits per heavy atom. The Labute approximate surface area is 186 Å². The first-order chi connectivity index (χ1) is 15.2. The van der Waals surface area contributed by atoms with Crippen LogP contribution in [-0.2, 0) is 4.79 Å². The van der Waals surface area contributed by atoms with Crippen LogP contribution in [0.3, 0.4) is 0 Å². The molecule has 31 heavy (non-hydrogen) atoms. The molecule has 0 spiro atoms. The third-order valence-electron chi connectivity index (χ3n) is 4.87. The lowest BCUT2D eigenvalue weighted by molar-refractivity contribution is -0.130. The molecule has 0 aliphatic carbocycles. The van der Waals surface area contributed by atoms with E-state index in [1.165, 1.54) is 6.21 Å². The van der Waals surface area contributed by atoms with Crippen LogP contribution in [0.1, 0.15) is 5.76 Å². The summed E-state index contributed by atoms with van der Waals surface area (Å²) in [5.41, 5.74) is 3.43. The Morgan fingerprint density at radius 3 is 2.61 bits per heavy atom. The zero-order valence-corrected chi connectivity index (χ0v) is 17.8. The van der Waals surface area contributed by atoms with Gasteiger partial charge < -0.3 is 13.9 Å². The van der Waals surface area contributed by atoms with Gasteiger partial charge in [-0.3, -0.25) is 4.79 Å². The van der Waals surface area contributed by atoms with Crippen LogP contribution in [0.2, 0.25) is 0 Å². The third kappa shape index (κ3) is 4.18. The highest BCUT2D eigenvalue weighted by molar-refractivity contribution is 9.10. The van der Waals surface area contributed by atoms with Crippen molar-refractivity contribution in [2.75, 3.05) is 6.61 Å². The second-order valence-electron chi connectivity index (χ2n) is 7.01. The van der Waals surface area contributed by atoms with Gasteiger partial charge in [0.15, 0.2) is 11.5 Å². The molecule has 7 heteroatoms. The van der Waals surface area contributed by atoms with Crippen molar-refractivity contribution < 1.29 is 18.7 Å². The maximum absolute atomic E-state index is 12.5. The monoisotopic (exact) mass is 476 g/mol. The van der Waals surface area contributed by atoms with Crippen molar-refractivity contribution in [3.63, 3.8) is 0 Å². The number of fused-ring (bicyclic) bond motifs is 2. The first-order valence-corrected chi connectivity index (χ1v) is 10.5. The third-order valence-corrected chi connectivity index (χ3v) is 5.36. The summed E-state index contributed by atoms with van der Waals surface area (Å²) < 4.78 is 18.3. The second-order valence-corrected chi connectivity index (χ2v) is 7.93. The van der Waals surface area contributed by atoms with Crippen molar-refractivity contribution in [3.8, 4) is 22.8 Å². The number of benzene rings is 3. The van der Waals surface area contributed by atoms with Gasteiger partial charge in [0.1, 0.15) is 18.1 Å². The van der Waals surface area contributed by atoms with E-state index in [9.17, 15) is 4.79 Å². The fourth-order valence-electron chi connectivity index (χ4n) is 3.34. The van der Waals surface area contributed by atoms with E-state index in [1.807, 2.05) is 66.7 Å². The molecule has 0 fully saturated rings. The molecule has 1 amide bonds. The minimum atomic E-state index is -0.792. The second kappa shape index (κ2) is 8.28. The van der Waals surface area contributed by atoms with E-state index < -0.39 is 12.0 Å². The molecule has 0 saturated heterocycles. The summed E-state index contributed by atoms with van der Waals surface area (Å²) >= 11 is 3.45. The largest absolute Gasteiger partial charge is 0.485 e. The molecular formula is C24H17BrN2O4.